The summed E-state index contributed by atoms with van der Waals surface area (Å²) in [7, 11) is -9.76. The van der Waals surface area contributed by atoms with E-state index in [2.05, 4.69) is 34.9 Å². The second kappa shape index (κ2) is 19.1. The minimum absolute atomic E-state index is 0.00843. The summed E-state index contributed by atoms with van der Waals surface area (Å²) in [5, 5.41) is 53.3. The maximum absolute atomic E-state index is 13.6. The molecule has 6 N–H and O–H groups in total. The van der Waals surface area contributed by atoms with Crippen molar-refractivity contribution in [2.75, 3.05) is 18.2 Å². The van der Waals surface area contributed by atoms with Gasteiger partial charge in [-0.05, 0) is 55.5 Å². The molecule has 4 rings (SSSR count). The van der Waals surface area contributed by atoms with Crippen LogP contribution in [0.4, 0.5) is 5.69 Å². The van der Waals surface area contributed by atoms with Gasteiger partial charge in [-0.3, -0.25) is 13.9 Å². The molecule has 25 heteroatoms. The first kappa shape index (κ1) is 42.1. The molecule has 0 spiro atoms. The van der Waals surface area contributed by atoms with Crippen molar-refractivity contribution in [3.8, 4) is 23.6 Å². The van der Waals surface area contributed by atoms with Gasteiger partial charge in [-0.2, -0.15) is 36.7 Å². The summed E-state index contributed by atoms with van der Waals surface area (Å²) < 4.78 is 77.8. The van der Waals surface area contributed by atoms with E-state index in [0.29, 0.717) is 29.1 Å². The number of hydrogen-bond donors (Lipinski definition) is 6. The number of aliphatic hydroxyl groups excluding tert-OH is 1. The number of benzene rings is 2. The number of aliphatic hydroxyl groups is 1. The molecule has 0 saturated carbocycles. The van der Waals surface area contributed by atoms with E-state index in [-0.39, 0.29) is 57.7 Å². The summed E-state index contributed by atoms with van der Waals surface area (Å²) in [6.45, 7) is 1.39. The van der Waals surface area contributed by atoms with Crippen LogP contribution in [0.25, 0.3) is 11.8 Å². The van der Waals surface area contributed by atoms with E-state index in [4.69, 9.17) is 25.4 Å². The number of anilines is 1. The number of allylic oxidation sites excluding steroid dienone is 4. The number of nitrogens with zero attached hydrogens (tertiary/aromatic N) is 4. The average Bonchev–Trinajstić information content (AvgIpc) is 3.61. The summed E-state index contributed by atoms with van der Waals surface area (Å²) >= 11 is 0.904. The van der Waals surface area contributed by atoms with E-state index in [1.165, 1.54) is 42.5 Å². The lowest BCUT2D eigenvalue weighted by Gasteiger charge is -2.15. The van der Waals surface area contributed by atoms with Gasteiger partial charge in [0.15, 0.2) is 0 Å². The zero-order valence-electron chi connectivity index (χ0n) is 27.1. The Morgan fingerprint density at radius 1 is 0.889 bits per heavy atom. The van der Waals surface area contributed by atoms with Crippen LogP contribution in [-0.2, 0) is 60.0 Å². The molecule has 1 aliphatic heterocycles. The number of rotatable bonds is 18. The Morgan fingerprint density at radius 2 is 1.50 bits per heavy atom. The Hall–Kier alpha value is -4.63. The Kier molecular flexibility index (Phi) is 14.9. The molecule has 0 fully saturated rings. The van der Waals surface area contributed by atoms with E-state index in [1.54, 1.807) is 13.0 Å². The second-order valence-corrected chi connectivity index (χ2v) is 14.2. The number of aromatic hydroxyl groups is 1. The molecular formula is C29H26N4O17S4. The van der Waals surface area contributed by atoms with Crippen molar-refractivity contribution < 1.29 is 80.0 Å². The summed E-state index contributed by atoms with van der Waals surface area (Å²) in [4.78, 5) is 22.5. The Balaban J connectivity index is 1.72. The molecule has 288 valence electrons. The van der Waals surface area contributed by atoms with Crippen LogP contribution in [0.3, 0.4) is 0 Å². The van der Waals surface area contributed by atoms with Crippen LogP contribution in [0.5, 0.6) is 5.88 Å². The molecular weight excluding hydrogens is 805 g/mol. The zero-order chi connectivity index (χ0) is 39.5. The molecule has 2 heterocycles. The van der Waals surface area contributed by atoms with Crippen LogP contribution in [0.1, 0.15) is 18.2 Å². The lowest BCUT2D eigenvalue weighted by atomic mass is 10.1. The third kappa shape index (κ3) is 10.5. The summed E-state index contributed by atoms with van der Waals surface area (Å²) in [5.41, 5.74) is -0.829. The SMILES string of the molecule is CCOOCC1=NN(c2cc(SOOO)ccc2S(=O)(=O)O)C(=O)/C1=C\C=CC=Cc1c(CC#CO)nn(-c2cc(SOOO)ccc2S(=O)(=O)O)c1O. The molecule has 54 heavy (non-hydrogen) atoms. The Morgan fingerprint density at radius 3 is 2.07 bits per heavy atom. The van der Waals surface area contributed by atoms with Crippen molar-refractivity contribution in [2.45, 2.75) is 32.9 Å². The highest BCUT2D eigenvalue weighted by molar-refractivity contribution is 7.94. The zero-order valence-corrected chi connectivity index (χ0v) is 30.3. The van der Waals surface area contributed by atoms with Crippen LogP contribution in [0.2, 0.25) is 0 Å². The van der Waals surface area contributed by atoms with Gasteiger partial charge < -0.3 is 10.2 Å². The third-order valence-corrected chi connectivity index (χ3v) is 9.55. The van der Waals surface area contributed by atoms with E-state index >= 15 is 0 Å². The van der Waals surface area contributed by atoms with Crippen LogP contribution in [-0.4, -0.2) is 81.3 Å². The molecule has 21 nitrogen and oxygen atoms in total. The highest BCUT2D eigenvalue weighted by Gasteiger charge is 2.34. The van der Waals surface area contributed by atoms with Gasteiger partial charge in [0.2, 0.25) is 5.88 Å². The number of carbonyl (C=O) groups excluding carboxylic acids is 1. The normalized spacial score (nSPS) is 14.4. The van der Waals surface area contributed by atoms with Crippen molar-refractivity contribution in [3.05, 3.63) is 77.5 Å². The molecule has 3 aromatic rings. The first-order chi connectivity index (χ1) is 25.7. The van der Waals surface area contributed by atoms with Gasteiger partial charge >= 0.3 is 0 Å². The van der Waals surface area contributed by atoms with Crippen LogP contribution < -0.4 is 5.01 Å². The number of hydrogen-bond acceptors (Lipinski definition) is 19. The van der Waals surface area contributed by atoms with Crippen LogP contribution >= 0.6 is 24.1 Å². The number of hydrazone groups is 1. The molecule has 1 aromatic heterocycles. The first-order valence-corrected chi connectivity index (χ1v) is 18.8. The van der Waals surface area contributed by atoms with Gasteiger partial charge in [0, 0.05) is 9.79 Å². The Bertz CT molecular complexity index is 2280. The third-order valence-electron chi connectivity index (χ3n) is 6.60. The lowest BCUT2D eigenvalue weighted by molar-refractivity contribution is -0.432. The average molecular weight is 831 g/mol. The number of amides is 1. The molecule has 0 radical (unpaired) electrons. The smallest absolute Gasteiger partial charge is 0.296 e. The molecule has 0 bridgehead atoms. The van der Waals surface area contributed by atoms with Crippen molar-refractivity contribution >= 4 is 67.7 Å². The second-order valence-electron chi connectivity index (χ2n) is 9.88. The summed E-state index contributed by atoms with van der Waals surface area (Å²) in [5.74, 6) is 0.868. The highest BCUT2D eigenvalue weighted by atomic mass is 32.2. The van der Waals surface area contributed by atoms with Crippen LogP contribution in [0, 0.1) is 12.0 Å². The fourth-order valence-electron chi connectivity index (χ4n) is 4.48. The molecule has 0 aliphatic carbocycles. The van der Waals surface area contributed by atoms with E-state index in [0.717, 1.165) is 28.9 Å². The standard InChI is InChI=1S/C29H26N4O17S4/c1-2-45-46-17-23-21(29(36)33(31-23)25-16-19(52-50-48-38)11-13-27(25)54(42,43)44)8-5-3-4-7-20-22(9-6-14-34)30-32(28(20)35)24-15-18(51-49-47-37)10-12-26(24)53(39,40)41/h3-5,7-8,10-13,15-16,34-35,37-38H,2,9,17H2,1H3,(H,39,40,41)(H,42,43,44)/b5-3?,7-4?,21-8-. The van der Waals surface area contributed by atoms with Gasteiger partial charge in [0.25, 0.3) is 26.1 Å². The van der Waals surface area contributed by atoms with Crippen molar-refractivity contribution in [1.29, 1.82) is 0 Å². The predicted octanol–water partition coefficient (Wildman–Crippen LogP) is 3.67. The fourth-order valence-corrected chi connectivity index (χ4v) is 6.56. The molecule has 0 saturated heterocycles. The van der Waals surface area contributed by atoms with Gasteiger partial charge in [0.1, 0.15) is 28.2 Å². The monoisotopic (exact) mass is 830 g/mol. The van der Waals surface area contributed by atoms with Gasteiger partial charge in [-0.15, -0.1) is 8.67 Å². The largest absolute Gasteiger partial charge is 0.493 e. The number of aromatic nitrogens is 2. The van der Waals surface area contributed by atoms with Gasteiger partial charge in [-0.25, -0.2) is 20.3 Å². The molecule has 0 unspecified atom stereocenters. The van der Waals surface area contributed by atoms with E-state index in [9.17, 15) is 35.8 Å². The van der Waals surface area contributed by atoms with E-state index in [1.807, 2.05) is 0 Å². The van der Waals surface area contributed by atoms with Crippen molar-refractivity contribution in [2.24, 2.45) is 5.10 Å². The first-order valence-electron chi connectivity index (χ1n) is 14.4. The highest BCUT2D eigenvalue weighted by Crippen LogP contribution is 2.35. The maximum Gasteiger partial charge on any atom is 0.296 e. The van der Waals surface area contributed by atoms with Crippen molar-refractivity contribution in [1.82, 2.24) is 9.78 Å². The van der Waals surface area contributed by atoms with Crippen LogP contribution in [0.15, 0.2) is 91.0 Å². The van der Waals surface area contributed by atoms with Gasteiger partial charge in [0.05, 0.1) is 65.3 Å². The topological polar surface area (TPSA) is 296 Å². The molecule has 1 amide bonds. The number of carbonyl (C=O) groups is 1. The predicted molar refractivity (Wildman–Crippen MR) is 185 cm³/mol. The maximum atomic E-state index is 13.6. The quantitative estimate of drug-likeness (QED) is 0.0156. The molecule has 1 aliphatic rings. The van der Waals surface area contributed by atoms with Gasteiger partial charge in [-0.1, -0.05) is 34.2 Å². The summed E-state index contributed by atoms with van der Waals surface area (Å²) in [6, 6.07) is 6.61. The van der Waals surface area contributed by atoms with Crippen molar-refractivity contribution in [3.63, 3.8) is 0 Å². The molecule has 2 aromatic carbocycles. The fraction of sp³-hybridized carbons (Fsp3) is 0.138. The van der Waals surface area contributed by atoms with E-state index < -0.39 is 47.5 Å². The Labute approximate surface area is 313 Å². The minimum atomic E-state index is -4.89. The molecule has 0 atom stereocenters. The minimum Gasteiger partial charge on any atom is -0.493 e. The lowest BCUT2D eigenvalue weighted by Crippen LogP contribution is -2.23. The summed E-state index contributed by atoms with van der Waals surface area (Å²) in [6.07, 6.45) is 8.20.